The van der Waals surface area contributed by atoms with Crippen molar-refractivity contribution in [3.05, 3.63) is 68.0 Å². The Balaban J connectivity index is 2.07. The summed E-state index contributed by atoms with van der Waals surface area (Å²) in [4.78, 5) is 38.1. The molecule has 19 heavy (non-hydrogen) atoms. The van der Waals surface area contributed by atoms with Crippen LogP contribution in [0.5, 0.6) is 0 Å². The van der Waals surface area contributed by atoms with Crippen molar-refractivity contribution in [1.82, 2.24) is 15.3 Å². The van der Waals surface area contributed by atoms with Crippen molar-refractivity contribution in [2.24, 2.45) is 0 Å². The van der Waals surface area contributed by atoms with Crippen LogP contribution in [-0.4, -0.2) is 15.9 Å². The molecule has 0 fully saturated rings. The lowest BCUT2D eigenvalue weighted by atomic mass is 10.1. The molecule has 98 valence electrons. The fourth-order valence-electron chi connectivity index (χ4n) is 1.57. The van der Waals surface area contributed by atoms with Crippen LogP contribution >= 0.6 is 0 Å². The number of carbonyl (C=O) groups excluding carboxylic acids is 1. The van der Waals surface area contributed by atoms with Crippen molar-refractivity contribution < 1.29 is 4.79 Å². The van der Waals surface area contributed by atoms with Crippen LogP contribution in [0.25, 0.3) is 0 Å². The lowest BCUT2D eigenvalue weighted by Gasteiger charge is -2.05. The van der Waals surface area contributed by atoms with E-state index in [2.05, 4.69) is 10.3 Å². The Hall–Kier alpha value is -2.63. The Labute approximate surface area is 108 Å². The number of carbonyl (C=O) groups is 1. The van der Waals surface area contributed by atoms with Gasteiger partial charge in [-0.15, -0.1) is 0 Å². The SMILES string of the molecule is Cc1ccc(CNC(=O)c2cc(=O)[nH]c(=O)[nH]2)cc1. The van der Waals surface area contributed by atoms with Crippen LogP contribution in [0.3, 0.4) is 0 Å². The van der Waals surface area contributed by atoms with E-state index < -0.39 is 17.2 Å². The van der Waals surface area contributed by atoms with Crippen molar-refractivity contribution in [1.29, 1.82) is 0 Å². The number of aryl methyl sites for hydroxylation is 1. The van der Waals surface area contributed by atoms with E-state index >= 15 is 0 Å². The summed E-state index contributed by atoms with van der Waals surface area (Å²) in [6.45, 7) is 2.30. The van der Waals surface area contributed by atoms with Gasteiger partial charge in [-0.25, -0.2) is 4.79 Å². The first kappa shape index (κ1) is 12.8. The molecule has 0 unspecified atom stereocenters. The van der Waals surface area contributed by atoms with E-state index in [0.29, 0.717) is 6.54 Å². The van der Waals surface area contributed by atoms with Crippen LogP contribution in [0, 0.1) is 6.92 Å². The van der Waals surface area contributed by atoms with E-state index in [1.54, 1.807) is 0 Å². The second-order valence-corrected chi connectivity index (χ2v) is 4.17. The number of H-pyrrole nitrogens is 2. The third-order valence-corrected chi connectivity index (χ3v) is 2.58. The largest absolute Gasteiger partial charge is 0.347 e. The summed E-state index contributed by atoms with van der Waals surface area (Å²) in [7, 11) is 0. The molecule has 0 aliphatic heterocycles. The first-order valence-corrected chi connectivity index (χ1v) is 5.72. The molecule has 1 aromatic carbocycles. The molecule has 1 amide bonds. The van der Waals surface area contributed by atoms with Crippen LogP contribution in [0.2, 0.25) is 0 Å². The van der Waals surface area contributed by atoms with Gasteiger partial charge in [-0.3, -0.25) is 14.6 Å². The lowest BCUT2D eigenvalue weighted by molar-refractivity contribution is 0.0945. The molecule has 0 saturated carbocycles. The molecule has 0 radical (unpaired) electrons. The molecule has 0 aliphatic rings. The molecule has 2 aromatic rings. The second kappa shape index (κ2) is 5.34. The third-order valence-electron chi connectivity index (χ3n) is 2.58. The summed E-state index contributed by atoms with van der Waals surface area (Å²) in [5.74, 6) is -0.497. The maximum Gasteiger partial charge on any atom is 0.326 e. The van der Waals surface area contributed by atoms with Gasteiger partial charge in [-0.1, -0.05) is 29.8 Å². The normalized spacial score (nSPS) is 10.2. The van der Waals surface area contributed by atoms with E-state index in [9.17, 15) is 14.4 Å². The summed E-state index contributed by atoms with van der Waals surface area (Å²) in [5, 5.41) is 2.63. The highest BCUT2D eigenvalue weighted by Crippen LogP contribution is 2.02. The monoisotopic (exact) mass is 259 g/mol. The van der Waals surface area contributed by atoms with Crippen molar-refractivity contribution in [2.75, 3.05) is 0 Å². The van der Waals surface area contributed by atoms with Crippen LogP contribution in [0.1, 0.15) is 21.6 Å². The van der Waals surface area contributed by atoms with Crippen LogP contribution in [0.4, 0.5) is 0 Å². The van der Waals surface area contributed by atoms with Crippen LogP contribution in [0.15, 0.2) is 39.9 Å². The number of hydrogen-bond acceptors (Lipinski definition) is 3. The van der Waals surface area contributed by atoms with Gasteiger partial charge in [0.05, 0.1) is 0 Å². The van der Waals surface area contributed by atoms with Crippen molar-refractivity contribution in [3.8, 4) is 0 Å². The van der Waals surface area contributed by atoms with Gasteiger partial charge in [-0.2, -0.15) is 0 Å². The molecule has 6 nitrogen and oxygen atoms in total. The highest BCUT2D eigenvalue weighted by atomic mass is 16.2. The summed E-state index contributed by atoms with van der Waals surface area (Å²) in [6.07, 6.45) is 0. The maximum absolute atomic E-state index is 11.8. The molecule has 0 atom stereocenters. The number of rotatable bonds is 3. The highest BCUT2D eigenvalue weighted by Gasteiger charge is 2.07. The fraction of sp³-hybridized carbons (Fsp3) is 0.154. The van der Waals surface area contributed by atoms with E-state index in [1.807, 2.05) is 36.2 Å². The van der Waals surface area contributed by atoms with E-state index in [0.717, 1.165) is 17.2 Å². The number of amides is 1. The number of benzene rings is 1. The first-order chi connectivity index (χ1) is 9.04. The van der Waals surface area contributed by atoms with Gasteiger partial charge in [0.15, 0.2) is 0 Å². The fourth-order valence-corrected chi connectivity index (χ4v) is 1.57. The Morgan fingerprint density at radius 3 is 2.47 bits per heavy atom. The lowest BCUT2D eigenvalue weighted by Crippen LogP contribution is -2.30. The summed E-state index contributed by atoms with van der Waals surface area (Å²) in [5.41, 5.74) is 0.707. The molecule has 0 spiro atoms. The van der Waals surface area contributed by atoms with Gasteiger partial charge in [-0.05, 0) is 12.5 Å². The third kappa shape index (κ3) is 3.41. The van der Waals surface area contributed by atoms with E-state index in [1.165, 1.54) is 0 Å². The molecule has 0 aliphatic carbocycles. The van der Waals surface area contributed by atoms with Crippen LogP contribution in [-0.2, 0) is 6.54 Å². The summed E-state index contributed by atoms with van der Waals surface area (Å²) >= 11 is 0. The van der Waals surface area contributed by atoms with E-state index in [-0.39, 0.29) is 5.69 Å². The zero-order chi connectivity index (χ0) is 13.8. The average molecular weight is 259 g/mol. The van der Waals surface area contributed by atoms with Gasteiger partial charge in [0.2, 0.25) is 0 Å². The van der Waals surface area contributed by atoms with Gasteiger partial charge in [0.25, 0.3) is 11.5 Å². The Morgan fingerprint density at radius 1 is 1.16 bits per heavy atom. The van der Waals surface area contributed by atoms with Gasteiger partial charge in [0.1, 0.15) is 5.69 Å². The van der Waals surface area contributed by atoms with Gasteiger partial charge in [0, 0.05) is 12.6 Å². The smallest absolute Gasteiger partial charge is 0.326 e. The molecule has 0 bridgehead atoms. The molecule has 0 saturated heterocycles. The van der Waals surface area contributed by atoms with Crippen LogP contribution < -0.4 is 16.6 Å². The minimum atomic E-state index is -0.701. The van der Waals surface area contributed by atoms with Gasteiger partial charge < -0.3 is 10.3 Å². The number of aromatic amines is 2. The summed E-state index contributed by atoms with van der Waals surface area (Å²) < 4.78 is 0. The standard InChI is InChI=1S/C13H13N3O3/c1-8-2-4-9(5-3-8)7-14-12(18)10-6-11(17)16-13(19)15-10/h2-6H,7H2,1H3,(H,14,18)(H2,15,16,17,19). The molecule has 6 heteroatoms. The first-order valence-electron chi connectivity index (χ1n) is 5.72. The zero-order valence-corrected chi connectivity index (χ0v) is 10.3. The zero-order valence-electron chi connectivity index (χ0n) is 10.3. The Bertz CT molecular complexity index is 670. The number of hydrogen-bond donors (Lipinski definition) is 3. The average Bonchev–Trinajstić information content (AvgIpc) is 2.36. The van der Waals surface area contributed by atoms with Gasteiger partial charge >= 0.3 is 5.69 Å². The second-order valence-electron chi connectivity index (χ2n) is 4.17. The Kier molecular flexibility index (Phi) is 3.61. The molecule has 2 rings (SSSR count). The quantitative estimate of drug-likeness (QED) is 0.740. The number of nitrogens with one attached hydrogen (secondary N) is 3. The molecular formula is C13H13N3O3. The van der Waals surface area contributed by atoms with Crippen molar-refractivity contribution >= 4 is 5.91 Å². The van der Waals surface area contributed by atoms with Crippen molar-refractivity contribution in [2.45, 2.75) is 13.5 Å². The topological polar surface area (TPSA) is 94.8 Å². The number of aromatic nitrogens is 2. The predicted molar refractivity (Wildman–Crippen MR) is 70.0 cm³/mol. The van der Waals surface area contributed by atoms with Crippen molar-refractivity contribution in [3.63, 3.8) is 0 Å². The van der Waals surface area contributed by atoms with E-state index in [4.69, 9.17) is 0 Å². The predicted octanol–water partition coefficient (Wildman–Crippen LogP) is 0.302. The molecule has 1 aromatic heterocycles. The molecular weight excluding hydrogens is 246 g/mol. The minimum absolute atomic E-state index is 0.0548. The molecule has 3 N–H and O–H groups in total. The minimum Gasteiger partial charge on any atom is -0.347 e. The maximum atomic E-state index is 11.8. The summed E-state index contributed by atoms with van der Waals surface area (Å²) in [6, 6.07) is 8.73. The highest BCUT2D eigenvalue weighted by molar-refractivity contribution is 5.91. The molecule has 1 heterocycles. The Morgan fingerprint density at radius 2 is 1.84 bits per heavy atom.